The third-order valence-electron chi connectivity index (χ3n) is 1.57. The van der Waals surface area contributed by atoms with Crippen LogP contribution in [0, 0.1) is 0 Å². The van der Waals surface area contributed by atoms with Crippen LogP contribution in [0.2, 0.25) is 5.02 Å². The zero-order chi connectivity index (χ0) is 10.4. The molecule has 0 N–H and O–H groups in total. The summed E-state index contributed by atoms with van der Waals surface area (Å²) in [6.07, 6.45) is 3.66. The second kappa shape index (κ2) is 5.78. The monoisotopic (exact) mass is 226 g/mol. The van der Waals surface area contributed by atoms with E-state index in [1.807, 2.05) is 37.3 Å². The maximum Gasteiger partial charge on any atom is 0.183 e. The summed E-state index contributed by atoms with van der Waals surface area (Å²) < 4.78 is 5.11. The molecule has 0 radical (unpaired) electrons. The predicted molar refractivity (Wildman–Crippen MR) is 64.7 cm³/mol. The summed E-state index contributed by atoms with van der Waals surface area (Å²) in [5, 5.41) is 1.23. The van der Waals surface area contributed by atoms with E-state index >= 15 is 0 Å². The zero-order valence-electron chi connectivity index (χ0n) is 7.87. The molecule has 74 valence electrons. The van der Waals surface area contributed by atoms with Crippen LogP contribution >= 0.6 is 23.8 Å². The summed E-state index contributed by atoms with van der Waals surface area (Å²) in [5.74, 6) is 0. The Labute approximate surface area is 94.3 Å². The van der Waals surface area contributed by atoms with Crippen LogP contribution in [-0.2, 0) is 4.74 Å². The highest BCUT2D eigenvalue weighted by atomic mass is 35.5. The SMILES string of the molecule is CCOC(=S)C=Cc1ccc(Cl)cc1. The summed E-state index contributed by atoms with van der Waals surface area (Å²) in [4.78, 5) is 0. The van der Waals surface area contributed by atoms with Crippen LogP contribution in [0.1, 0.15) is 12.5 Å². The minimum Gasteiger partial charge on any atom is -0.484 e. The van der Waals surface area contributed by atoms with E-state index in [0.29, 0.717) is 11.7 Å². The summed E-state index contributed by atoms with van der Waals surface area (Å²) in [6.45, 7) is 2.51. The first-order valence-electron chi connectivity index (χ1n) is 4.33. The van der Waals surface area contributed by atoms with Crippen LogP contribution in [0.5, 0.6) is 0 Å². The standard InChI is InChI=1S/C11H11ClOS/c1-2-13-11(14)8-5-9-3-6-10(12)7-4-9/h3-8H,2H2,1H3. The van der Waals surface area contributed by atoms with Gasteiger partial charge in [0.2, 0.25) is 0 Å². The second-order valence-electron chi connectivity index (χ2n) is 2.64. The lowest BCUT2D eigenvalue weighted by molar-refractivity contribution is 0.339. The van der Waals surface area contributed by atoms with E-state index in [0.717, 1.165) is 10.6 Å². The summed E-state index contributed by atoms with van der Waals surface area (Å²) >= 11 is 10.7. The van der Waals surface area contributed by atoms with Crippen LogP contribution < -0.4 is 0 Å². The highest BCUT2D eigenvalue weighted by Gasteiger charge is 1.90. The number of benzene rings is 1. The van der Waals surface area contributed by atoms with E-state index in [1.54, 1.807) is 6.08 Å². The molecular weight excluding hydrogens is 216 g/mol. The van der Waals surface area contributed by atoms with E-state index in [1.165, 1.54) is 0 Å². The summed E-state index contributed by atoms with van der Waals surface area (Å²) in [7, 11) is 0. The lowest BCUT2D eigenvalue weighted by Gasteiger charge is -1.98. The maximum atomic E-state index is 5.75. The van der Waals surface area contributed by atoms with Gasteiger partial charge in [-0.3, -0.25) is 0 Å². The van der Waals surface area contributed by atoms with Gasteiger partial charge in [-0.15, -0.1) is 0 Å². The number of thiocarbonyl (C=S) groups is 1. The highest BCUT2D eigenvalue weighted by molar-refractivity contribution is 7.80. The smallest absolute Gasteiger partial charge is 0.183 e. The van der Waals surface area contributed by atoms with Gasteiger partial charge in [0.15, 0.2) is 5.05 Å². The molecule has 1 nitrogen and oxygen atoms in total. The van der Waals surface area contributed by atoms with Gasteiger partial charge >= 0.3 is 0 Å². The molecule has 0 saturated heterocycles. The molecule has 0 heterocycles. The number of hydrogen-bond donors (Lipinski definition) is 0. The summed E-state index contributed by atoms with van der Waals surface area (Å²) in [5.41, 5.74) is 1.05. The molecule has 0 aromatic heterocycles. The molecule has 0 spiro atoms. The van der Waals surface area contributed by atoms with Crippen molar-refractivity contribution in [3.8, 4) is 0 Å². The molecule has 0 unspecified atom stereocenters. The van der Waals surface area contributed by atoms with E-state index < -0.39 is 0 Å². The minimum atomic E-state index is 0.502. The molecule has 0 aliphatic heterocycles. The molecule has 1 aromatic carbocycles. The Morgan fingerprint density at radius 3 is 2.64 bits per heavy atom. The Morgan fingerprint density at radius 2 is 2.07 bits per heavy atom. The largest absolute Gasteiger partial charge is 0.484 e. The molecule has 14 heavy (non-hydrogen) atoms. The number of hydrogen-bond acceptors (Lipinski definition) is 2. The molecule has 0 amide bonds. The topological polar surface area (TPSA) is 9.23 Å². The van der Waals surface area contributed by atoms with Crippen molar-refractivity contribution in [1.29, 1.82) is 0 Å². The summed E-state index contributed by atoms with van der Waals surface area (Å²) in [6, 6.07) is 7.52. The number of rotatable bonds is 3. The number of halogens is 1. The zero-order valence-corrected chi connectivity index (χ0v) is 9.44. The Kier molecular flexibility index (Phi) is 4.63. The average molecular weight is 227 g/mol. The van der Waals surface area contributed by atoms with Gasteiger partial charge in [0.1, 0.15) is 0 Å². The van der Waals surface area contributed by atoms with Gasteiger partial charge in [0.25, 0.3) is 0 Å². The normalized spacial score (nSPS) is 10.4. The fourth-order valence-corrected chi connectivity index (χ4v) is 1.24. The van der Waals surface area contributed by atoms with Gasteiger partial charge in [0.05, 0.1) is 6.61 Å². The van der Waals surface area contributed by atoms with Gasteiger partial charge in [-0.2, -0.15) is 0 Å². The van der Waals surface area contributed by atoms with Gasteiger partial charge in [0, 0.05) is 5.02 Å². The molecular formula is C11H11ClOS. The first-order valence-corrected chi connectivity index (χ1v) is 5.11. The fourth-order valence-electron chi connectivity index (χ4n) is 0.929. The van der Waals surface area contributed by atoms with Crippen molar-refractivity contribution in [2.75, 3.05) is 6.61 Å². The van der Waals surface area contributed by atoms with E-state index in [9.17, 15) is 0 Å². The van der Waals surface area contributed by atoms with Crippen molar-refractivity contribution < 1.29 is 4.74 Å². The van der Waals surface area contributed by atoms with Crippen LogP contribution in [0.25, 0.3) is 6.08 Å². The molecule has 0 aliphatic carbocycles. The van der Waals surface area contributed by atoms with E-state index in [2.05, 4.69) is 0 Å². The molecule has 0 bridgehead atoms. The number of ether oxygens (including phenoxy) is 1. The van der Waals surface area contributed by atoms with Gasteiger partial charge in [-0.1, -0.05) is 29.8 Å². The fraction of sp³-hybridized carbons (Fsp3) is 0.182. The molecule has 3 heteroatoms. The predicted octanol–water partition coefficient (Wildman–Crippen LogP) is 3.72. The lowest BCUT2D eigenvalue weighted by Crippen LogP contribution is -1.95. The van der Waals surface area contributed by atoms with Crippen molar-refractivity contribution in [2.45, 2.75) is 6.92 Å². The highest BCUT2D eigenvalue weighted by Crippen LogP contribution is 2.10. The first-order chi connectivity index (χ1) is 6.72. The average Bonchev–Trinajstić information content (AvgIpc) is 2.17. The third-order valence-corrected chi connectivity index (χ3v) is 2.07. The molecule has 1 rings (SSSR count). The third kappa shape index (κ3) is 3.90. The van der Waals surface area contributed by atoms with Gasteiger partial charge in [-0.25, -0.2) is 0 Å². The van der Waals surface area contributed by atoms with Crippen LogP contribution in [0.3, 0.4) is 0 Å². The molecule has 1 aromatic rings. The Morgan fingerprint density at radius 1 is 1.43 bits per heavy atom. The van der Waals surface area contributed by atoms with Crippen molar-refractivity contribution in [1.82, 2.24) is 0 Å². The van der Waals surface area contributed by atoms with Crippen LogP contribution in [0.4, 0.5) is 0 Å². The van der Waals surface area contributed by atoms with Crippen molar-refractivity contribution in [2.24, 2.45) is 0 Å². The van der Waals surface area contributed by atoms with Crippen LogP contribution in [-0.4, -0.2) is 11.7 Å². The Bertz CT molecular complexity index is 330. The molecule has 0 atom stereocenters. The maximum absolute atomic E-state index is 5.75. The van der Waals surface area contributed by atoms with Gasteiger partial charge in [-0.05, 0) is 42.9 Å². The minimum absolute atomic E-state index is 0.502. The van der Waals surface area contributed by atoms with E-state index in [4.69, 9.17) is 28.6 Å². The molecule has 0 fully saturated rings. The van der Waals surface area contributed by atoms with E-state index in [-0.39, 0.29) is 0 Å². The second-order valence-corrected chi connectivity index (χ2v) is 3.48. The molecule has 0 aliphatic rings. The van der Waals surface area contributed by atoms with Crippen molar-refractivity contribution >= 4 is 34.9 Å². The molecule has 0 saturated carbocycles. The van der Waals surface area contributed by atoms with Gasteiger partial charge < -0.3 is 4.74 Å². The van der Waals surface area contributed by atoms with Crippen molar-refractivity contribution in [3.63, 3.8) is 0 Å². The Balaban J connectivity index is 2.60. The Hall–Kier alpha value is -0.860. The first kappa shape index (κ1) is 11.2. The lowest BCUT2D eigenvalue weighted by atomic mass is 10.2. The van der Waals surface area contributed by atoms with Crippen molar-refractivity contribution in [3.05, 3.63) is 40.9 Å². The van der Waals surface area contributed by atoms with Crippen LogP contribution in [0.15, 0.2) is 30.3 Å². The quantitative estimate of drug-likeness (QED) is 0.574.